The molecule has 1 aromatic rings. The molecule has 0 aromatic carbocycles. The van der Waals surface area contributed by atoms with Crippen molar-refractivity contribution in [2.24, 2.45) is 5.41 Å². The van der Waals surface area contributed by atoms with Crippen LogP contribution in [0.5, 0.6) is 5.75 Å². The minimum absolute atomic E-state index is 0.220. The summed E-state index contributed by atoms with van der Waals surface area (Å²) in [5.74, 6) is 1.50. The van der Waals surface area contributed by atoms with Gasteiger partial charge in [0.1, 0.15) is 0 Å². The number of nitrogens with one attached hydrogen (secondary N) is 1. The van der Waals surface area contributed by atoms with E-state index in [2.05, 4.69) is 20.1 Å². The number of anilines is 2. The molecule has 176 valence electrons. The molecule has 1 atom stereocenters. The predicted molar refractivity (Wildman–Crippen MR) is 120 cm³/mol. The Morgan fingerprint density at radius 3 is 2.78 bits per heavy atom. The van der Waals surface area contributed by atoms with Crippen molar-refractivity contribution in [2.45, 2.75) is 64.0 Å². The number of aliphatic hydroxyl groups is 1. The molecule has 1 aliphatic carbocycles. The van der Waals surface area contributed by atoms with Gasteiger partial charge in [0.25, 0.3) is 0 Å². The number of carbonyl (C=O) groups is 2. The van der Waals surface area contributed by atoms with Crippen LogP contribution in [0.15, 0.2) is 12.3 Å². The van der Waals surface area contributed by atoms with E-state index in [0.717, 1.165) is 58.0 Å². The maximum absolute atomic E-state index is 13.6. The van der Waals surface area contributed by atoms with Crippen molar-refractivity contribution >= 4 is 23.5 Å². The Labute approximate surface area is 189 Å². The van der Waals surface area contributed by atoms with Crippen molar-refractivity contribution in [3.63, 3.8) is 0 Å². The van der Waals surface area contributed by atoms with Crippen LogP contribution in [0, 0.1) is 5.41 Å². The van der Waals surface area contributed by atoms with Gasteiger partial charge in [-0.25, -0.2) is 9.78 Å². The lowest BCUT2D eigenvalue weighted by Gasteiger charge is -2.41. The zero-order chi connectivity index (χ0) is 22.7. The van der Waals surface area contributed by atoms with E-state index in [-0.39, 0.29) is 30.1 Å². The van der Waals surface area contributed by atoms with Crippen molar-refractivity contribution in [1.82, 2.24) is 9.88 Å². The summed E-state index contributed by atoms with van der Waals surface area (Å²) < 4.78 is 10.5. The van der Waals surface area contributed by atoms with E-state index < -0.39 is 6.09 Å². The zero-order valence-electron chi connectivity index (χ0n) is 19.0. The van der Waals surface area contributed by atoms with E-state index >= 15 is 0 Å². The molecule has 0 radical (unpaired) electrons. The molecule has 9 heteroatoms. The first kappa shape index (κ1) is 22.6. The highest BCUT2D eigenvalue weighted by molar-refractivity contribution is 5.87. The number of carbonyl (C=O) groups excluding carboxylic acids is 2. The van der Waals surface area contributed by atoms with Crippen molar-refractivity contribution in [3.8, 4) is 5.75 Å². The fraction of sp³-hybridized carbons (Fsp3) is 0.696. The van der Waals surface area contributed by atoms with E-state index in [1.54, 1.807) is 26.3 Å². The van der Waals surface area contributed by atoms with Gasteiger partial charge in [-0.1, -0.05) is 0 Å². The summed E-state index contributed by atoms with van der Waals surface area (Å²) in [6.07, 6.45) is 6.82. The average molecular weight is 447 g/mol. The fourth-order valence-corrected chi connectivity index (χ4v) is 5.44. The zero-order valence-corrected chi connectivity index (χ0v) is 19.0. The summed E-state index contributed by atoms with van der Waals surface area (Å²) in [6.45, 7) is 4.25. The number of rotatable bonds is 5. The Morgan fingerprint density at radius 2 is 2.06 bits per heavy atom. The SMILES string of the molecule is CCOC(=O)Nc1cnc(N2CCC[C@@]3(CCN([C@H]4CC[C@H](O)CC4)C3=O)C2)c(OC)c1. The standard InChI is InChI=1S/C23H34N4O5/c1-3-32-22(30)25-16-13-19(31-2)20(24-14-16)26-11-4-9-23(15-26)10-12-27(21(23)29)17-5-7-18(28)8-6-17/h13-14,17-18,28H,3-12,15H2,1-2H3,(H,25,30)/t17-,18-,23-/m1/s1. The summed E-state index contributed by atoms with van der Waals surface area (Å²) in [7, 11) is 1.58. The van der Waals surface area contributed by atoms with Crippen LogP contribution in [-0.2, 0) is 9.53 Å². The molecule has 9 nitrogen and oxygen atoms in total. The maximum atomic E-state index is 13.6. The minimum Gasteiger partial charge on any atom is -0.493 e. The topological polar surface area (TPSA) is 104 Å². The number of amides is 2. The molecule has 4 rings (SSSR count). The molecule has 3 aliphatic rings. The number of likely N-dealkylation sites (tertiary alicyclic amines) is 1. The predicted octanol–water partition coefficient (Wildman–Crippen LogP) is 2.78. The van der Waals surface area contributed by atoms with Gasteiger partial charge in [0.2, 0.25) is 5.91 Å². The van der Waals surface area contributed by atoms with E-state index in [9.17, 15) is 14.7 Å². The van der Waals surface area contributed by atoms with Gasteiger partial charge in [-0.05, 0) is 51.9 Å². The minimum atomic E-state index is -0.534. The van der Waals surface area contributed by atoms with E-state index in [1.165, 1.54) is 0 Å². The number of methoxy groups -OCH3 is 1. The third-order valence-electron chi connectivity index (χ3n) is 7.10. The highest BCUT2D eigenvalue weighted by atomic mass is 16.5. The molecule has 2 aliphatic heterocycles. The second-order valence-corrected chi connectivity index (χ2v) is 9.11. The number of hydrogen-bond acceptors (Lipinski definition) is 7. The van der Waals surface area contributed by atoms with Crippen LogP contribution in [0.3, 0.4) is 0 Å². The molecular weight excluding hydrogens is 412 g/mol. The van der Waals surface area contributed by atoms with Crippen LogP contribution < -0.4 is 15.0 Å². The van der Waals surface area contributed by atoms with Crippen LogP contribution in [0.1, 0.15) is 51.9 Å². The second-order valence-electron chi connectivity index (χ2n) is 9.11. The first-order valence-corrected chi connectivity index (χ1v) is 11.7. The molecule has 3 fully saturated rings. The van der Waals surface area contributed by atoms with Crippen molar-refractivity contribution in [1.29, 1.82) is 0 Å². The summed E-state index contributed by atoms with van der Waals surface area (Å²) in [6, 6.07) is 1.98. The lowest BCUT2D eigenvalue weighted by atomic mass is 9.78. The van der Waals surface area contributed by atoms with Gasteiger partial charge in [0, 0.05) is 31.7 Å². The number of piperidine rings is 1. The maximum Gasteiger partial charge on any atom is 0.411 e. The van der Waals surface area contributed by atoms with Gasteiger partial charge < -0.3 is 24.4 Å². The third kappa shape index (κ3) is 4.48. The molecule has 32 heavy (non-hydrogen) atoms. The van der Waals surface area contributed by atoms with Crippen LogP contribution in [-0.4, -0.2) is 72.5 Å². The number of nitrogens with zero attached hydrogens (tertiary/aromatic N) is 3. The van der Waals surface area contributed by atoms with Gasteiger partial charge in [-0.3, -0.25) is 10.1 Å². The monoisotopic (exact) mass is 446 g/mol. The summed E-state index contributed by atoms with van der Waals surface area (Å²) in [4.78, 5) is 34.0. The molecular formula is C23H34N4O5. The van der Waals surface area contributed by atoms with Gasteiger partial charge in [0.05, 0.1) is 37.1 Å². The molecule has 2 saturated heterocycles. The summed E-state index contributed by atoms with van der Waals surface area (Å²) in [5.41, 5.74) is 0.112. The van der Waals surface area contributed by atoms with Crippen LogP contribution in [0.2, 0.25) is 0 Å². The van der Waals surface area contributed by atoms with Gasteiger partial charge >= 0.3 is 6.09 Å². The van der Waals surface area contributed by atoms with Crippen LogP contribution >= 0.6 is 0 Å². The molecule has 0 unspecified atom stereocenters. The van der Waals surface area contributed by atoms with Gasteiger partial charge in [-0.15, -0.1) is 0 Å². The lowest BCUT2D eigenvalue weighted by molar-refractivity contribution is -0.139. The largest absolute Gasteiger partial charge is 0.493 e. The van der Waals surface area contributed by atoms with Crippen LogP contribution in [0.4, 0.5) is 16.3 Å². The molecule has 0 bridgehead atoms. The first-order chi connectivity index (χ1) is 15.5. The summed E-state index contributed by atoms with van der Waals surface area (Å²) >= 11 is 0. The average Bonchev–Trinajstić information content (AvgIpc) is 3.09. The molecule has 1 saturated carbocycles. The smallest absolute Gasteiger partial charge is 0.411 e. The third-order valence-corrected chi connectivity index (χ3v) is 7.10. The Morgan fingerprint density at radius 1 is 1.28 bits per heavy atom. The quantitative estimate of drug-likeness (QED) is 0.717. The van der Waals surface area contributed by atoms with Crippen molar-refractivity contribution in [3.05, 3.63) is 12.3 Å². The second kappa shape index (κ2) is 9.52. The Balaban J connectivity index is 1.48. The Hall–Kier alpha value is -2.55. The molecule has 3 heterocycles. The van der Waals surface area contributed by atoms with Crippen LogP contribution in [0.25, 0.3) is 0 Å². The van der Waals surface area contributed by atoms with Gasteiger partial charge in [-0.2, -0.15) is 0 Å². The number of hydrogen-bond donors (Lipinski definition) is 2. The van der Waals surface area contributed by atoms with Crippen molar-refractivity contribution in [2.75, 3.05) is 43.6 Å². The molecule has 2 amide bonds. The highest BCUT2D eigenvalue weighted by Crippen LogP contribution is 2.44. The Bertz CT molecular complexity index is 842. The summed E-state index contributed by atoms with van der Waals surface area (Å²) in [5, 5.41) is 12.5. The number of aliphatic hydroxyl groups excluding tert-OH is 1. The normalized spacial score (nSPS) is 28.2. The van der Waals surface area contributed by atoms with Gasteiger partial charge in [0.15, 0.2) is 11.6 Å². The number of pyridine rings is 1. The van der Waals surface area contributed by atoms with E-state index in [1.807, 2.05) is 0 Å². The molecule has 1 spiro atoms. The fourth-order valence-electron chi connectivity index (χ4n) is 5.44. The lowest BCUT2D eigenvalue weighted by Crippen LogP contribution is -2.50. The van der Waals surface area contributed by atoms with Crippen molar-refractivity contribution < 1.29 is 24.2 Å². The molecule has 1 aromatic heterocycles. The Kier molecular flexibility index (Phi) is 6.74. The number of aromatic nitrogens is 1. The van der Waals surface area contributed by atoms with E-state index in [4.69, 9.17) is 9.47 Å². The highest BCUT2D eigenvalue weighted by Gasteiger charge is 2.51. The molecule has 2 N–H and O–H groups in total. The van der Waals surface area contributed by atoms with E-state index in [0.29, 0.717) is 23.8 Å². The number of ether oxygens (including phenoxy) is 2. The first-order valence-electron chi connectivity index (χ1n) is 11.7.